The second kappa shape index (κ2) is 2.42. The Kier molecular flexibility index (Phi) is 1.90. The van der Waals surface area contributed by atoms with Gasteiger partial charge in [0.05, 0.1) is 5.92 Å². The van der Waals surface area contributed by atoms with Crippen molar-refractivity contribution >= 4 is 0 Å². The van der Waals surface area contributed by atoms with E-state index in [0.717, 1.165) is 0 Å². The molecule has 1 aliphatic rings. The molecule has 0 saturated heterocycles. The molecule has 1 aliphatic carbocycles. The van der Waals surface area contributed by atoms with Crippen LogP contribution in [0.1, 0.15) is 6.42 Å². The molecule has 10 heavy (non-hydrogen) atoms. The number of hydrogen-bond acceptors (Lipinski definition) is 1. The summed E-state index contributed by atoms with van der Waals surface area (Å²) in [7, 11) is 1.42. The van der Waals surface area contributed by atoms with Crippen molar-refractivity contribution in [2.45, 2.75) is 12.6 Å². The van der Waals surface area contributed by atoms with Crippen LogP contribution < -0.4 is 0 Å². The third kappa shape index (κ3) is 1.62. The molecule has 0 amide bonds. The van der Waals surface area contributed by atoms with E-state index < -0.39 is 12.1 Å². The summed E-state index contributed by atoms with van der Waals surface area (Å²) >= 11 is 0. The highest BCUT2D eigenvalue weighted by atomic mass is 19.4. The van der Waals surface area contributed by atoms with E-state index in [1.54, 1.807) is 0 Å². The van der Waals surface area contributed by atoms with E-state index >= 15 is 0 Å². The highest BCUT2D eigenvalue weighted by Crippen LogP contribution is 2.49. The van der Waals surface area contributed by atoms with Crippen LogP contribution >= 0.6 is 0 Å². The van der Waals surface area contributed by atoms with Gasteiger partial charge in [0.1, 0.15) is 0 Å². The Balaban J connectivity index is 2.25. The number of hydrogen-bond donors (Lipinski definition) is 0. The molecule has 4 heteroatoms. The zero-order chi connectivity index (χ0) is 7.78. The Morgan fingerprint density at radius 3 is 2.40 bits per heavy atom. The maximum atomic E-state index is 11.8. The second-order valence-corrected chi connectivity index (χ2v) is 2.60. The number of ether oxygens (including phenoxy) is 1. The summed E-state index contributed by atoms with van der Waals surface area (Å²) in [5.41, 5.74) is 0. The Bertz CT molecular complexity index is 121. The largest absolute Gasteiger partial charge is 0.392 e. The smallest absolute Gasteiger partial charge is 0.384 e. The van der Waals surface area contributed by atoms with Gasteiger partial charge in [0.15, 0.2) is 0 Å². The number of rotatable bonds is 2. The molecule has 1 nitrogen and oxygen atoms in total. The van der Waals surface area contributed by atoms with E-state index in [9.17, 15) is 13.2 Å². The predicted molar refractivity (Wildman–Crippen MR) is 29.5 cm³/mol. The highest BCUT2D eigenvalue weighted by Gasteiger charge is 2.55. The van der Waals surface area contributed by atoms with Crippen LogP contribution in [0.2, 0.25) is 0 Å². The fourth-order valence-electron chi connectivity index (χ4n) is 1.05. The fraction of sp³-hybridized carbons (Fsp3) is 1.00. The first-order valence-electron chi connectivity index (χ1n) is 3.11. The Labute approximate surface area is 57.2 Å². The van der Waals surface area contributed by atoms with E-state index in [2.05, 4.69) is 4.74 Å². The summed E-state index contributed by atoms with van der Waals surface area (Å²) < 4.78 is 39.9. The van der Waals surface area contributed by atoms with Gasteiger partial charge >= 0.3 is 6.18 Å². The van der Waals surface area contributed by atoms with E-state index in [1.807, 2.05) is 0 Å². The van der Waals surface area contributed by atoms with Gasteiger partial charge in [-0.05, 0) is 12.3 Å². The number of methoxy groups -OCH3 is 1. The Morgan fingerprint density at radius 1 is 1.50 bits per heavy atom. The lowest BCUT2D eigenvalue weighted by atomic mass is 10.3. The molecule has 1 saturated carbocycles. The standard InChI is InChI=1S/C6H9F3O/c1-10-3-4-2-5(4)6(7,8)9/h4-5H,2-3H2,1H3/t4?,5-/m1/s1. The summed E-state index contributed by atoms with van der Waals surface area (Å²) in [4.78, 5) is 0. The number of alkyl halides is 3. The van der Waals surface area contributed by atoms with Gasteiger partial charge in [-0.1, -0.05) is 0 Å². The third-order valence-electron chi connectivity index (χ3n) is 1.72. The summed E-state index contributed by atoms with van der Waals surface area (Å²) in [6, 6.07) is 0. The normalized spacial score (nSPS) is 32.4. The van der Waals surface area contributed by atoms with Crippen LogP contribution in [0.4, 0.5) is 13.2 Å². The average Bonchev–Trinajstić information content (AvgIpc) is 2.44. The zero-order valence-electron chi connectivity index (χ0n) is 5.61. The minimum atomic E-state index is -4.00. The average molecular weight is 154 g/mol. The summed E-state index contributed by atoms with van der Waals surface area (Å²) in [5.74, 6) is -1.36. The van der Waals surface area contributed by atoms with Gasteiger partial charge in [0.2, 0.25) is 0 Å². The van der Waals surface area contributed by atoms with Crippen LogP contribution in [-0.4, -0.2) is 19.9 Å². The first kappa shape index (κ1) is 7.85. The van der Waals surface area contributed by atoms with Crippen LogP contribution in [0.3, 0.4) is 0 Å². The molecule has 0 aromatic heterocycles. The molecule has 0 aromatic rings. The molecule has 0 spiro atoms. The SMILES string of the molecule is COCC1C[C@H]1C(F)(F)F. The lowest BCUT2D eigenvalue weighted by Crippen LogP contribution is -2.13. The molecular weight excluding hydrogens is 145 g/mol. The molecule has 2 atom stereocenters. The van der Waals surface area contributed by atoms with Gasteiger partial charge < -0.3 is 4.74 Å². The van der Waals surface area contributed by atoms with Crippen molar-refractivity contribution in [2.75, 3.05) is 13.7 Å². The van der Waals surface area contributed by atoms with Crippen LogP contribution in [0, 0.1) is 11.8 Å². The predicted octanol–water partition coefficient (Wildman–Crippen LogP) is 1.83. The second-order valence-electron chi connectivity index (χ2n) is 2.60. The molecule has 1 rings (SSSR count). The lowest BCUT2D eigenvalue weighted by Gasteiger charge is -2.03. The quantitative estimate of drug-likeness (QED) is 0.589. The van der Waals surface area contributed by atoms with Crippen molar-refractivity contribution in [1.82, 2.24) is 0 Å². The third-order valence-corrected chi connectivity index (χ3v) is 1.72. The summed E-state index contributed by atoms with van der Waals surface area (Å²) in [5, 5.41) is 0. The molecule has 0 heterocycles. The van der Waals surface area contributed by atoms with Crippen molar-refractivity contribution in [3.8, 4) is 0 Å². The number of halogens is 3. The fourth-order valence-corrected chi connectivity index (χ4v) is 1.05. The van der Waals surface area contributed by atoms with E-state index in [1.165, 1.54) is 7.11 Å². The highest BCUT2D eigenvalue weighted by molar-refractivity contribution is 4.91. The topological polar surface area (TPSA) is 9.23 Å². The van der Waals surface area contributed by atoms with E-state index in [4.69, 9.17) is 0 Å². The lowest BCUT2D eigenvalue weighted by molar-refractivity contribution is -0.152. The van der Waals surface area contributed by atoms with E-state index in [-0.39, 0.29) is 18.9 Å². The molecule has 0 aromatic carbocycles. The zero-order valence-corrected chi connectivity index (χ0v) is 5.61. The molecule has 1 fully saturated rings. The van der Waals surface area contributed by atoms with Gasteiger partial charge in [-0.2, -0.15) is 13.2 Å². The maximum absolute atomic E-state index is 11.8. The van der Waals surface area contributed by atoms with Crippen molar-refractivity contribution in [3.63, 3.8) is 0 Å². The van der Waals surface area contributed by atoms with Crippen LogP contribution in [0.5, 0.6) is 0 Å². The molecule has 1 unspecified atom stereocenters. The molecule has 60 valence electrons. The van der Waals surface area contributed by atoms with Gasteiger partial charge in [-0.15, -0.1) is 0 Å². The minimum absolute atomic E-state index is 0.240. The molecule has 0 aliphatic heterocycles. The maximum Gasteiger partial charge on any atom is 0.392 e. The summed E-state index contributed by atoms with van der Waals surface area (Å²) in [6.07, 6.45) is -3.75. The van der Waals surface area contributed by atoms with Crippen LogP contribution in [0.25, 0.3) is 0 Å². The van der Waals surface area contributed by atoms with Crippen LogP contribution in [0.15, 0.2) is 0 Å². The van der Waals surface area contributed by atoms with Gasteiger partial charge in [0.25, 0.3) is 0 Å². The summed E-state index contributed by atoms with van der Waals surface area (Å²) in [6.45, 7) is 0.240. The molecular formula is C6H9F3O. The van der Waals surface area contributed by atoms with Gasteiger partial charge in [-0.3, -0.25) is 0 Å². The molecule has 0 N–H and O–H groups in total. The Morgan fingerprint density at radius 2 is 2.10 bits per heavy atom. The first-order chi connectivity index (χ1) is 4.55. The van der Waals surface area contributed by atoms with Crippen molar-refractivity contribution in [2.24, 2.45) is 11.8 Å². The monoisotopic (exact) mass is 154 g/mol. The van der Waals surface area contributed by atoms with Crippen molar-refractivity contribution < 1.29 is 17.9 Å². The molecule has 0 bridgehead atoms. The first-order valence-corrected chi connectivity index (χ1v) is 3.11. The van der Waals surface area contributed by atoms with Gasteiger partial charge in [-0.25, -0.2) is 0 Å². The van der Waals surface area contributed by atoms with Crippen LogP contribution in [-0.2, 0) is 4.74 Å². The van der Waals surface area contributed by atoms with Crippen molar-refractivity contribution in [3.05, 3.63) is 0 Å². The van der Waals surface area contributed by atoms with Gasteiger partial charge in [0, 0.05) is 13.7 Å². The minimum Gasteiger partial charge on any atom is -0.384 e. The van der Waals surface area contributed by atoms with Crippen molar-refractivity contribution in [1.29, 1.82) is 0 Å². The molecule has 0 radical (unpaired) electrons. The Hall–Kier alpha value is -0.250. The van der Waals surface area contributed by atoms with E-state index in [0.29, 0.717) is 0 Å².